The molecule has 0 radical (unpaired) electrons. The molecule has 5 nitrogen and oxygen atoms in total. The smallest absolute Gasteiger partial charge is 0.312 e. The second-order valence-electron chi connectivity index (χ2n) is 5.03. The molecule has 0 saturated carbocycles. The van der Waals surface area contributed by atoms with Gasteiger partial charge in [-0.15, -0.1) is 0 Å². The van der Waals surface area contributed by atoms with Crippen molar-refractivity contribution in [1.82, 2.24) is 4.57 Å². The fourth-order valence-electron chi connectivity index (χ4n) is 2.78. The van der Waals surface area contributed by atoms with E-state index in [0.29, 0.717) is 35.7 Å². The number of aromatic nitrogens is 1. The first-order valence-electron chi connectivity index (χ1n) is 7.73. The molecule has 2 aromatic rings. The molecule has 122 valence electrons. The first-order chi connectivity index (χ1) is 11.1. The summed E-state index contributed by atoms with van der Waals surface area (Å²) in [7, 11) is 1.57. The van der Waals surface area contributed by atoms with E-state index in [4.69, 9.17) is 4.74 Å². The first-order valence-corrected chi connectivity index (χ1v) is 7.73. The molecule has 0 spiro atoms. The van der Waals surface area contributed by atoms with Crippen molar-refractivity contribution in [2.24, 2.45) is 0 Å². The van der Waals surface area contributed by atoms with E-state index in [2.05, 4.69) is 0 Å². The van der Waals surface area contributed by atoms with Gasteiger partial charge in [-0.3, -0.25) is 9.59 Å². The third-order valence-corrected chi connectivity index (χ3v) is 3.90. The number of carbonyl (C=O) groups excluding carboxylic acids is 1. The molecule has 0 amide bonds. The van der Waals surface area contributed by atoms with Crippen LogP contribution >= 0.6 is 0 Å². The zero-order chi connectivity index (χ0) is 17.0. The molecule has 1 atom stereocenters. The minimum absolute atomic E-state index is 0.102. The highest BCUT2D eigenvalue weighted by Crippen LogP contribution is 2.31. The second kappa shape index (κ2) is 7.13. The molecule has 1 aromatic carbocycles. The van der Waals surface area contributed by atoms with Crippen LogP contribution in [0.25, 0.3) is 0 Å². The van der Waals surface area contributed by atoms with Gasteiger partial charge in [-0.1, -0.05) is 13.8 Å². The summed E-state index contributed by atoms with van der Waals surface area (Å²) in [4.78, 5) is 23.7. The SMILES string of the molecule is CC.COc1ccc(C(=O)c2ccc3n2CCC3C(=O)O)cc1. The Morgan fingerprint density at radius 1 is 1.13 bits per heavy atom. The summed E-state index contributed by atoms with van der Waals surface area (Å²) < 4.78 is 6.88. The van der Waals surface area contributed by atoms with Crippen molar-refractivity contribution >= 4 is 11.8 Å². The van der Waals surface area contributed by atoms with Crippen LogP contribution in [-0.2, 0) is 11.3 Å². The van der Waals surface area contributed by atoms with Gasteiger partial charge in [-0.05, 0) is 42.8 Å². The van der Waals surface area contributed by atoms with Gasteiger partial charge in [-0.25, -0.2) is 0 Å². The number of ketones is 1. The average molecular weight is 315 g/mol. The lowest BCUT2D eigenvalue weighted by atomic mass is 10.1. The van der Waals surface area contributed by atoms with Crippen LogP contribution in [0.4, 0.5) is 0 Å². The molecular formula is C18H21NO4. The molecule has 1 unspecified atom stereocenters. The van der Waals surface area contributed by atoms with Crippen LogP contribution in [0.5, 0.6) is 5.75 Å². The van der Waals surface area contributed by atoms with E-state index in [1.54, 1.807) is 43.5 Å². The summed E-state index contributed by atoms with van der Waals surface area (Å²) in [6.45, 7) is 4.57. The number of carbonyl (C=O) groups is 2. The lowest BCUT2D eigenvalue weighted by molar-refractivity contribution is -0.138. The van der Waals surface area contributed by atoms with Crippen LogP contribution < -0.4 is 4.74 Å². The van der Waals surface area contributed by atoms with Gasteiger partial charge in [0.2, 0.25) is 5.78 Å². The Morgan fingerprint density at radius 3 is 2.35 bits per heavy atom. The Bertz CT molecular complexity index is 700. The zero-order valence-electron chi connectivity index (χ0n) is 13.6. The molecule has 2 heterocycles. The van der Waals surface area contributed by atoms with Crippen LogP contribution in [-0.4, -0.2) is 28.5 Å². The quantitative estimate of drug-likeness (QED) is 0.879. The highest BCUT2D eigenvalue weighted by molar-refractivity contribution is 6.08. The molecular weight excluding hydrogens is 294 g/mol. The molecule has 5 heteroatoms. The Labute approximate surface area is 135 Å². The molecule has 1 N–H and O–H groups in total. The maximum atomic E-state index is 12.5. The molecule has 1 aromatic heterocycles. The van der Waals surface area contributed by atoms with Gasteiger partial charge in [0.1, 0.15) is 5.75 Å². The zero-order valence-corrected chi connectivity index (χ0v) is 13.6. The van der Waals surface area contributed by atoms with Gasteiger partial charge in [-0.2, -0.15) is 0 Å². The maximum absolute atomic E-state index is 12.5. The maximum Gasteiger partial charge on any atom is 0.312 e. The predicted molar refractivity (Wildman–Crippen MR) is 87.2 cm³/mol. The minimum atomic E-state index is -0.838. The number of methoxy groups -OCH3 is 1. The van der Waals surface area contributed by atoms with E-state index >= 15 is 0 Å². The van der Waals surface area contributed by atoms with E-state index in [1.807, 2.05) is 18.4 Å². The number of ether oxygens (including phenoxy) is 1. The van der Waals surface area contributed by atoms with Gasteiger partial charge >= 0.3 is 5.97 Å². The Kier molecular flexibility index (Phi) is 5.21. The fourth-order valence-corrected chi connectivity index (χ4v) is 2.78. The average Bonchev–Trinajstić information content (AvgIpc) is 3.17. The van der Waals surface area contributed by atoms with Crippen LogP contribution in [0, 0.1) is 0 Å². The Hall–Kier alpha value is -2.56. The second-order valence-corrected chi connectivity index (χ2v) is 5.03. The summed E-state index contributed by atoms with van der Waals surface area (Å²) in [5.74, 6) is -0.759. The van der Waals surface area contributed by atoms with Gasteiger partial charge < -0.3 is 14.4 Å². The van der Waals surface area contributed by atoms with Crippen molar-refractivity contribution in [1.29, 1.82) is 0 Å². The van der Waals surface area contributed by atoms with E-state index < -0.39 is 11.9 Å². The number of carboxylic acid groups (broad SMARTS) is 1. The number of hydrogen-bond donors (Lipinski definition) is 1. The van der Waals surface area contributed by atoms with Crippen molar-refractivity contribution < 1.29 is 19.4 Å². The van der Waals surface area contributed by atoms with Crippen molar-refractivity contribution in [3.05, 3.63) is 53.3 Å². The van der Waals surface area contributed by atoms with E-state index in [9.17, 15) is 14.7 Å². The van der Waals surface area contributed by atoms with Gasteiger partial charge in [0.15, 0.2) is 0 Å². The lowest BCUT2D eigenvalue weighted by Crippen LogP contribution is -2.10. The number of fused-ring (bicyclic) bond motifs is 1. The summed E-state index contributed by atoms with van der Waals surface area (Å²) >= 11 is 0. The summed E-state index contributed by atoms with van der Waals surface area (Å²) in [5, 5.41) is 9.17. The third-order valence-electron chi connectivity index (χ3n) is 3.90. The van der Waals surface area contributed by atoms with Crippen molar-refractivity contribution in [2.45, 2.75) is 32.7 Å². The largest absolute Gasteiger partial charge is 0.497 e. The van der Waals surface area contributed by atoms with Crippen molar-refractivity contribution in [2.75, 3.05) is 7.11 Å². The van der Waals surface area contributed by atoms with E-state index in [0.717, 1.165) is 0 Å². The summed E-state index contributed by atoms with van der Waals surface area (Å²) in [6.07, 6.45) is 0.536. The summed E-state index contributed by atoms with van der Waals surface area (Å²) in [5.41, 5.74) is 1.81. The third kappa shape index (κ3) is 3.13. The van der Waals surface area contributed by atoms with Crippen LogP contribution in [0.15, 0.2) is 36.4 Å². The number of benzene rings is 1. The Balaban J connectivity index is 0.000000924. The molecule has 1 aliphatic rings. The topological polar surface area (TPSA) is 68.5 Å². The van der Waals surface area contributed by atoms with E-state index in [-0.39, 0.29) is 5.78 Å². The van der Waals surface area contributed by atoms with Gasteiger partial charge in [0.05, 0.1) is 18.7 Å². The molecule has 1 aliphatic heterocycles. The van der Waals surface area contributed by atoms with Crippen LogP contribution in [0.2, 0.25) is 0 Å². The number of rotatable bonds is 4. The van der Waals surface area contributed by atoms with Crippen molar-refractivity contribution in [3.8, 4) is 5.75 Å². The number of carboxylic acids is 1. The molecule has 0 bridgehead atoms. The fraction of sp³-hybridized carbons (Fsp3) is 0.333. The first kappa shape index (κ1) is 16.8. The summed E-state index contributed by atoms with van der Waals surface area (Å²) in [6, 6.07) is 10.3. The molecule has 0 saturated heterocycles. The van der Waals surface area contributed by atoms with Gasteiger partial charge in [0.25, 0.3) is 0 Å². The normalized spacial score (nSPS) is 15.3. The van der Waals surface area contributed by atoms with Crippen LogP contribution in [0.3, 0.4) is 0 Å². The number of aliphatic carboxylic acids is 1. The monoisotopic (exact) mass is 315 g/mol. The highest BCUT2D eigenvalue weighted by Gasteiger charge is 2.31. The number of hydrogen-bond acceptors (Lipinski definition) is 3. The number of nitrogens with zero attached hydrogens (tertiary/aromatic N) is 1. The molecule has 3 rings (SSSR count). The van der Waals surface area contributed by atoms with Crippen LogP contribution in [0.1, 0.15) is 47.9 Å². The minimum Gasteiger partial charge on any atom is -0.497 e. The standard InChI is InChI=1S/C16H15NO4.C2H6/c1-21-11-4-2-10(3-5-11)15(18)14-7-6-13-12(16(19)20)8-9-17(13)14;1-2/h2-7,12H,8-9H2,1H3,(H,19,20);1-2H3. The predicted octanol–water partition coefficient (Wildman–Crippen LogP) is 3.33. The van der Waals surface area contributed by atoms with E-state index in [1.165, 1.54) is 0 Å². The highest BCUT2D eigenvalue weighted by atomic mass is 16.5. The molecule has 0 aliphatic carbocycles. The van der Waals surface area contributed by atoms with Gasteiger partial charge in [0, 0.05) is 17.8 Å². The Morgan fingerprint density at radius 2 is 1.78 bits per heavy atom. The van der Waals surface area contributed by atoms with Crippen molar-refractivity contribution in [3.63, 3.8) is 0 Å². The lowest BCUT2D eigenvalue weighted by Gasteiger charge is -2.06. The molecule has 23 heavy (non-hydrogen) atoms. The molecule has 0 fully saturated rings.